The Balaban J connectivity index is 2.08. The molecule has 0 aliphatic carbocycles. The predicted molar refractivity (Wildman–Crippen MR) is 104 cm³/mol. The lowest BCUT2D eigenvalue weighted by molar-refractivity contribution is -0.111. The van der Waals surface area contributed by atoms with Crippen LogP contribution < -0.4 is 19.5 Å². The fourth-order valence-corrected chi connectivity index (χ4v) is 2.22. The van der Waals surface area contributed by atoms with Crippen LogP contribution in [0.25, 0.3) is 6.08 Å². The summed E-state index contributed by atoms with van der Waals surface area (Å²) in [6.45, 7) is 0.136. The van der Waals surface area contributed by atoms with E-state index in [1.165, 1.54) is 39.5 Å². The van der Waals surface area contributed by atoms with Crippen LogP contribution in [-0.2, 0) is 14.3 Å². The van der Waals surface area contributed by atoms with Gasteiger partial charge in [-0.15, -0.1) is 0 Å². The molecule has 1 amide bonds. The van der Waals surface area contributed by atoms with Crippen molar-refractivity contribution in [3.63, 3.8) is 0 Å². The maximum Gasteiger partial charge on any atom is 0.248 e. The van der Waals surface area contributed by atoms with Crippen LogP contribution in [0.3, 0.4) is 0 Å². The van der Waals surface area contributed by atoms with E-state index in [2.05, 4.69) is 5.32 Å². The molecule has 2 aromatic rings. The molecule has 2 aromatic carbocycles. The van der Waals surface area contributed by atoms with Crippen LogP contribution in [0.4, 0.5) is 5.69 Å². The summed E-state index contributed by atoms with van der Waals surface area (Å²) in [6.07, 6.45) is 3.01. The SMILES string of the molecule is COCOc1ccc(/C=C/C(=O)Nc2ccc(O)c(OC)c2)cc1OCOC. The summed E-state index contributed by atoms with van der Waals surface area (Å²) in [4.78, 5) is 12.1. The zero-order valence-corrected chi connectivity index (χ0v) is 15.9. The molecule has 0 fully saturated rings. The van der Waals surface area contributed by atoms with Crippen molar-refractivity contribution in [1.82, 2.24) is 0 Å². The van der Waals surface area contributed by atoms with Crippen LogP contribution in [0.15, 0.2) is 42.5 Å². The lowest BCUT2D eigenvalue weighted by atomic mass is 10.2. The zero-order valence-electron chi connectivity index (χ0n) is 15.9. The van der Waals surface area contributed by atoms with Gasteiger partial charge in [0.1, 0.15) is 0 Å². The number of benzene rings is 2. The van der Waals surface area contributed by atoms with Crippen LogP contribution in [-0.4, -0.2) is 45.9 Å². The van der Waals surface area contributed by atoms with Crippen LogP contribution in [0.5, 0.6) is 23.0 Å². The third-order valence-corrected chi connectivity index (χ3v) is 3.51. The molecule has 8 nitrogen and oxygen atoms in total. The summed E-state index contributed by atoms with van der Waals surface area (Å²) < 4.78 is 25.8. The normalized spacial score (nSPS) is 10.7. The van der Waals surface area contributed by atoms with Gasteiger partial charge < -0.3 is 34.1 Å². The number of hydrogen-bond donors (Lipinski definition) is 2. The smallest absolute Gasteiger partial charge is 0.248 e. The highest BCUT2D eigenvalue weighted by Gasteiger charge is 2.07. The molecule has 8 heteroatoms. The number of aromatic hydroxyl groups is 1. The van der Waals surface area contributed by atoms with Crippen LogP contribution in [0.2, 0.25) is 0 Å². The summed E-state index contributed by atoms with van der Waals surface area (Å²) >= 11 is 0. The molecule has 2 N–H and O–H groups in total. The second kappa shape index (κ2) is 10.8. The van der Waals surface area contributed by atoms with E-state index < -0.39 is 0 Å². The minimum Gasteiger partial charge on any atom is -0.504 e. The number of hydrogen-bond acceptors (Lipinski definition) is 7. The molecule has 0 saturated heterocycles. The number of nitrogens with one attached hydrogen (secondary N) is 1. The molecule has 28 heavy (non-hydrogen) atoms. The molecule has 0 bridgehead atoms. The summed E-state index contributed by atoms with van der Waals surface area (Å²) in [6, 6.07) is 9.75. The molecule has 0 aliphatic heterocycles. The summed E-state index contributed by atoms with van der Waals surface area (Å²) in [5.41, 5.74) is 1.23. The fraction of sp³-hybridized carbons (Fsp3) is 0.250. The Morgan fingerprint density at radius 1 is 0.964 bits per heavy atom. The van der Waals surface area contributed by atoms with E-state index in [-0.39, 0.29) is 31.0 Å². The number of methoxy groups -OCH3 is 3. The molecule has 150 valence electrons. The van der Waals surface area contributed by atoms with Crippen molar-refractivity contribution < 1.29 is 33.6 Å². The number of phenols is 1. The van der Waals surface area contributed by atoms with Gasteiger partial charge in [0.25, 0.3) is 0 Å². The summed E-state index contributed by atoms with van der Waals surface area (Å²) in [7, 11) is 4.47. The Morgan fingerprint density at radius 2 is 1.68 bits per heavy atom. The van der Waals surface area contributed by atoms with Crippen molar-refractivity contribution in [2.75, 3.05) is 40.2 Å². The predicted octanol–water partition coefficient (Wildman–Crippen LogP) is 3.02. The maximum atomic E-state index is 12.1. The lowest BCUT2D eigenvalue weighted by Crippen LogP contribution is -2.07. The van der Waals surface area contributed by atoms with E-state index in [0.717, 1.165) is 5.56 Å². The number of ether oxygens (including phenoxy) is 5. The van der Waals surface area contributed by atoms with Gasteiger partial charge >= 0.3 is 0 Å². The average molecular weight is 389 g/mol. The van der Waals surface area contributed by atoms with E-state index >= 15 is 0 Å². The maximum absolute atomic E-state index is 12.1. The van der Waals surface area contributed by atoms with Gasteiger partial charge in [0, 0.05) is 32.0 Å². The van der Waals surface area contributed by atoms with Crippen molar-refractivity contribution in [1.29, 1.82) is 0 Å². The van der Waals surface area contributed by atoms with Gasteiger partial charge in [0.15, 0.2) is 36.6 Å². The Labute approximate surface area is 163 Å². The number of rotatable bonds is 10. The number of carbonyl (C=O) groups excluding carboxylic acids is 1. The third kappa shape index (κ3) is 6.19. The van der Waals surface area contributed by atoms with Crippen molar-refractivity contribution >= 4 is 17.7 Å². The monoisotopic (exact) mass is 389 g/mol. The second-order valence-electron chi connectivity index (χ2n) is 5.52. The molecule has 0 aliphatic rings. The minimum absolute atomic E-state index is 0.00425. The highest BCUT2D eigenvalue weighted by Crippen LogP contribution is 2.30. The molecule has 0 heterocycles. The van der Waals surface area contributed by atoms with E-state index in [0.29, 0.717) is 17.2 Å². The molecular weight excluding hydrogens is 366 g/mol. The highest BCUT2D eigenvalue weighted by molar-refractivity contribution is 6.02. The van der Waals surface area contributed by atoms with E-state index in [4.69, 9.17) is 23.7 Å². The van der Waals surface area contributed by atoms with Gasteiger partial charge in [-0.3, -0.25) is 4.79 Å². The minimum atomic E-state index is -0.341. The third-order valence-electron chi connectivity index (χ3n) is 3.51. The second-order valence-corrected chi connectivity index (χ2v) is 5.52. The van der Waals surface area contributed by atoms with Gasteiger partial charge in [-0.2, -0.15) is 0 Å². The molecule has 0 atom stereocenters. The van der Waals surface area contributed by atoms with E-state index in [1.807, 2.05) is 0 Å². The number of anilines is 1. The van der Waals surface area contributed by atoms with Crippen molar-refractivity contribution in [2.45, 2.75) is 0 Å². The van der Waals surface area contributed by atoms with Crippen molar-refractivity contribution in [2.24, 2.45) is 0 Å². The number of carbonyl (C=O) groups is 1. The Bertz CT molecular complexity index is 820. The van der Waals surface area contributed by atoms with Gasteiger partial charge in [0.2, 0.25) is 5.91 Å². The van der Waals surface area contributed by atoms with Crippen LogP contribution in [0, 0.1) is 0 Å². The van der Waals surface area contributed by atoms with Gasteiger partial charge in [0.05, 0.1) is 7.11 Å². The first-order valence-electron chi connectivity index (χ1n) is 8.31. The largest absolute Gasteiger partial charge is 0.504 e. The quantitative estimate of drug-likeness (QED) is 0.366. The van der Waals surface area contributed by atoms with Gasteiger partial charge in [-0.05, 0) is 35.9 Å². The first-order valence-corrected chi connectivity index (χ1v) is 8.31. The summed E-state index contributed by atoms with van der Waals surface area (Å²) in [5, 5.41) is 12.3. The van der Waals surface area contributed by atoms with Gasteiger partial charge in [-0.25, -0.2) is 0 Å². The molecule has 0 unspecified atom stereocenters. The average Bonchev–Trinajstić information content (AvgIpc) is 2.71. The first kappa shape index (κ1) is 21.1. The van der Waals surface area contributed by atoms with Crippen molar-refractivity contribution in [3.8, 4) is 23.0 Å². The van der Waals surface area contributed by atoms with E-state index in [9.17, 15) is 9.90 Å². The molecule has 0 radical (unpaired) electrons. The highest BCUT2D eigenvalue weighted by atomic mass is 16.7. The Kier molecular flexibility index (Phi) is 8.13. The summed E-state index contributed by atoms with van der Waals surface area (Å²) in [5.74, 6) is 0.886. The zero-order chi connectivity index (χ0) is 20.4. The van der Waals surface area contributed by atoms with Gasteiger partial charge in [-0.1, -0.05) is 6.07 Å². The molecule has 0 saturated carbocycles. The lowest BCUT2D eigenvalue weighted by Gasteiger charge is -2.12. The molecule has 0 spiro atoms. The molecule has 2 rings (SSSR count). The fourth-order valence-electron chi connectivity index (χ4n) is 2.22. The number of phenolic OH excluding ortho intramolecular Hbond substituents is 1. The number of amides is 1. The van der Waals surface area contributed by atoms with Crippen molar-refractivity contribution in [3.05, 3.63) is 48.0 Å². The van der Waals surface area contributed by atoms with Crippen LogP contribution >= 0.6 is 0 Å². The van der Waals surface area contributed by atoms with E-state index in [1.54, 1.807) is 30.3 Å². The topological polar surface area (TPSA) is 95.5 Å². The molecule has 0 aromatic heterocycles. The standard InChI is InChI=1S/C20H23NO7/c1-24-12-27-17-8-4-14(10-19(17)28-13-25-2)5-9-20(23)21-15-6-7-16(22)18(11-15)26-3/h4-11,22H,12-13H2,1-3H3,(H,21,23)/b9-5+. The first-order chi connectivity index (χ1) is 13.6. The van der Waals surface area contributed by atoms with Crippen LogP contribution in [0.1, 0.15) is 5.56 Å². The Hall–Kier alpha value is -3.23. The molecular formula is C20H23NO7. The Morgan fingerprint density at radius 3 is 2.36 bits per heavy atom.